The smallest absolute Gasteiger partial charge is 0.339 e. The molecule has 1 aromatic carbocycles. The summed E-state index contributed by atoms with van der Waals surface area (Å²) < 4.78 is 10.6. The molecule has 4 unspecified atom stereocenters. The van der Waals surface area contributed by atoms with Crippen LogP contribution in [0.15, 0.2) is 30.4 Å². The van der Waals surface area contributed by atoms with Gasteiger partial charge in [-0.15, -0.1) is 0 Å². The number of imide groups is 1. The molecule has 0 spiro atoms. The number of hydrogen-bond donors (Lipinski definition) is 1. The molecule has 0 aliphatic carbocycles. The standard InChI is InChI=1S/C18H16ClNO6/c1-2-25-17(24)10-7-9(3-4-11(10)19)20-15(22)13-12-5-6-18(8-21,26-12)14(13)16(20)23/h3-7,12-14,21H,2,8H2,1H3. The number of carbonyl (C=O) groups excluding carboxylic acids is 3. The van der Waals surface area contributed by atoms with Crippen molar-refractivity contribution in [2.75, 3.05) is 18.1 Å². The fraction of sp³-hybridized carbons (Fsp3) is 0.389. The molecule has 2 fully saturated rings. The monoisotopic (exact) mass is 377 g/mol. The van der Waals surface area contributed by atoms with Crippen LogP contribution in [0.4, 0.5) is 5.69 Å². The summed E-state index contributed by atoms with van der Waals surface area (Å²) in [7, 11) is 0. The summed E-state index contributed by atoms with van der Waals surface area (Å²) in [6.07, 6.45) is 2.82. The minimum Gasteiger partial charge on any atom is -0.462 e. The highest BCUT2D eigenvalue weighted by molar-refractivity contribution is 6.34. The molecule has 2 saturated heterocycles. The molecule has 1 N–H and O–H groups in total. The van der Waals surface area contributed by atoms with E-state index in [1.54, 1.807) is 19.1 Å². The third kappa shape index (κ3) is 2.17. The van der Waals surface area contributed by atoms with Crippen molar-refractivity contribution < 1.29 is 29.0 Å². The highest BCUT2D eigenvalue weighted by Crippen LogP contribution is 2.52. The van der Waals surface area contributed by atoms with E-state index in [-0.39, 0.29) is 29.5 Å². The zero-order chi connectivity index (χ0) is 18.6. The van der Waals surface area contributed by atoms with Crippen LogP contribution in [0.1, 0.15) is 17.3 Å². The molecule has 4 rings (SSSR count). The second-order valence-corrected chi connectivity index (χ2v) is 6.86. The molecule has 0 aromatic heterocycles. The van der Waals surface area contributed by atoms with Gasteiger partial charge in [0.15, 0.2) is 0 Å². The highest BCUT2D eigenvalue weighted by atomic mass is 35.5. The maximum atomic E-state index is 13.0. The van der Waals surface area contributed by atoms with Gasteiger partial charge in [-0.05, 0) is 25.1 Å². The topological polar surface area (TPSA) is 93.1 Å². The molecule has 3 aliphatic heterocycles. The molecule has 2 bridgehead atoms. The molecule has 3 aliphatic rings. The number of amides is 2. The molecule has 136 valence electrons. The molecule has 4 atom stereocenters. The number of rotatable bonds is 4. The Balaban J connectivity index is 1.72. The summed E-state index contributed by atoms with van der Waals surface area (Å²) >= 11 is 6.05. The summed E-state index contributed by atoms with van der Waals surface area (Å²) in [6, 6.07) is 4.33. The van der Waals surface area contributed by atoms with Crippen LogP contribution in [0.25, 0.3) is 0 Å². The van der Waals surface area contributed by atoms with Crippen molar-refractivity contribution >= 4 is 35.1 Å². The van der Waals surface area contributed by atoms with Crippen LogP contribution >= 0.6 is 11.6 Å². The molecule has 0 radical (unpaired) electrons. The molecular formula is C18H16ClNO6. The van der Waals surface area contributed by atoms with Crippen LogP contribution in [0, 0.1) is 11.8 Å². The first-order chi connectivity index (χ1) is 12.4. The van der Waals surface area contributed by atoms with Gasteiger partial charge in [0.2, 0.25) is 11.8 Å². The number of anilines is 1. The van der Waals surface area contributed by atoms with Crippen LogP contribution < -0.4 is 4.90 Å². The van der Waals surface area contributed by atoms with Gasteiger partial charge < -0.3 is 14.6 Å². The van der Waals surface area contributed by atoms with E-state index in [2.05, 4.69) is 0 Å². The Bertz CT molecular complexity index is 852. The van der Waals surface area contributed by atoms with Crippen molar-refractivity contribution in [2.45, 2.75) is 18.6 Å². The van der Waals surface area contributed by atoms with Crippen LogP contribution in [0.3, 0.4) is 0 Å². The van der Waals surface area contributed by atoms with Gasteiger partial charge in [-0.25, -0.2) is 9.69 Å². The number of aliphatic hydroxyl groups excluding tert-OH is 1. The van der Waals surface area contributed by atoms with E-state index in [9.17, 15) is 19.5 Å². The number of benzene rings is 1. The lowest BCUT2D eigenvalue weighted by molar-refractivity contribution is -0.128. The van der Waals surface area contributed by atoms with Crippen molar-refractivity contribution in [3.63, 3.8) is 0 Å². The number of aliphatic hydroxyl groups is 1. The van der Waals surface area contributed by atoms with Gasteiger partial charge in [0.05, 0.1) is 47.4 Å². The fourth-order valence-electron chi connectivity index (χ4n) is 3.96. The first kappa shape index (κ1) is 17.2. The summed E-state index contributed by atoms with van der Waals surface area (Å²) in [5.41, 5.74) is -0.833. The van der Waals surface area contributed by atoms with Gasteiger partial charge >= 0.3 is 5.97 Å². The van der Waals surface area contributed by atoms with Crippen LogP contribution in [-0.2, 0) is 19.1 Å². The van der Waals surface area contributed by atoms with Crippen molar-refractivity contribution in [1.29, 1.82) is 0 Å². The van der Waals surface area contributed by atoms with Crippen molar-refractivity contribution in [1.82, 2.24) is 0 Å². The predicted molar refractivity (Wildman–Crippen MR) is 90.7 cm³/mol. The Morgan fingerprint density at radius 3 is 2.85 bits per heavy atom. The van der Waals surface area contributed by atoms with Gasteiger partial charge in [-0.1, -0.05) is 23.8 Å². The van der Waals surface area contributed by atoms with Crippen molar-refractivity contribution in [2.24, 2.45) is 11.8 Å². The van der Waals surface area contributed by atoms with Gasteiger partial charge in [-0.2, -0.15) is 0 Å². The van der Waals surface area contributed by atoms with E-state index in [0.29, 0.717) is 0 Å². The maximum absolute atomic E-state index is 13.0. The molecule has 1 aromatic rings. The maximum Gasteiger partial charge on any atom is 0.339 e. The highest BCUT2D eigenvalue weighted by Gasteiger charge is 2.67. The number of ether oxygens (including phenoxy) is 2. The first-order valence-corrected chi connectivity index (χ1v) is 8.64. The number of nitrogens with zero attached hydrogens (tertiary/aromatic N) is 1. The largest absolute Gasteiger partial charge is 0.462 e. The normalized spacial score (nSPS) is 31.7. The SMILES string of the molecule is CCOC(=O)c1cc(N2C(=O)C3C4C=CC(CO)(O4)C3C2=O)ccc1Cl. The lowest BCUT2D eigenvalue weighted by Crippen LogP contribution is -2.43. The Morgan fingerprint density at radius 1 is 1.38 bits per heavy atom. The minimum atomic E-state index is -1.16. The Morgan fingerprint density at radius 2 is 2.15 bits per heavy atom. The van der Waals surface area contributed by atoms with Crippen molar-refractivity contribution in [3.8, 4) is 0 Å². The molecule has 3 heterocycles. The minimum absolute atomic E-state index is 0.0814. The average Bonchev–Trinajstić information content (AvgIpc) is 3.27. The molecular weight excluding hydrogens is 362 g/mol. The number of carbonyl (C=O) groups is 3. The van der Waals surface area contributed by atoms with E-state index >= 15 is 0 Å². The second kappa shape index (κ2) is 5.90. The van der Waals surface area contributed by atoms with E-state index in [1.807, 2.05) is 0 Å². The Hall–Kier alpha value is -2.22. The summed E-state index contributed by atoms with van der Waals surface area (Å²) in [4.78, 5) is 39.0. The number of hydrogen-bond acceptors (Lipinski definition) is 6. The summed E-state index contributed by atoms with van der Waals surface area (Å²) in [5.74, 6) is -2.96. The van der Waals surface area contributed by atoms with Crippen molar-refractivity contribution in [3.05, 3.63) is 40.9 Å². The lowest BCUT2D eigenvalue weighted by Gasteiger charge is -2.26. The number of halogens is 1. The zero-order valence-corrected chi connectivity index (χ0v) is 14.6. The van der Waals surface area contributed by atoms with Gasteiger partial charge in [0, 0.05) is 0 Å². The zero-order valence-electron chi connectivity index (χ0n) is 13.8. The second-order valence-electron chi connectivity index (χ2n) is 6.45. The van der Waals surface area contributed by atoms with E-state index < -0.39 is 41.3 Å². The van der Waals surface area contributed by atoms with Crippen LogP contribution in [0.2, 0.25) is 5.02 Å². The summed E-state index contributed by atoms with van der Waals surface area (Å²) in [6.45, 7) is 1.46. The van der Waals surface area contributed by atoms with Gasteiger partial charge in [0.1, 0.15) is 5.60 Å². The Kier molecular flexibility index (Phi) is 3.91. The quantitative estimate of drug-likeness (QED) is 0.483. The number of esters is 1. The van der Waals surface area contributed by atoms with E-state index in [1.165, 1.54) is 18.2 Å². The Labute approximate surface area is 154 Å². The number of fused-ring (bicyclic) bond motifs is 5. The third-order valence-electron chi connectivity index (χ3n) is 5.11. The molecule has 7 nitrogen and oxygen atoms in total. The molecule has 2 amide bonds. The average molecular weight is 378 g/mol. The lowest BCUT2D eigenvalue weighted by atomic mass is 9.77. The molecule has 8 heteroatoms. The molecule has 0 saturated carbocycles. The van der Waals surface area contributed by atoms with Gasteiger partial charge in [-0.3, -0.25) is 9.59 Å². The van der Waals surface area contributed by atoms with E-state index in [4.69, 9.17) is 21.1 Å². The third-order valence-corrected chi connectivity index (χ3v) is 5.44. The van der Waals surface area contributed by atoms with E-state index in [0.717, 1.165) is 4.90 Å². The summed E-state index contributed by atoms with van der Waals surface area (Å²) in [5, 5.41) is 9.90. The van der Waals surface area contributed by atoms with Crippen LogP contribution in [-0.4, -0.2) is 47.8 Å². The molecule has 26 heavy (non-hydrogen) atoms. The fourth-order valence-corrected chi connectivity index (χ4v) is 4.15. The van der Waals surface area contributed by atoms with Gasteiger partial charge in [0.25, 0.3) is 0 Å². The first-order valence-electron chi connectivity index (χ1n) is 8.26. The predicted octanol–water partition coefficient (Wildman–Crippen LogP) is 1.32. The van der Waals surface area contributed by atoms with Crippen LogP contribution in [0.5, 0.6) is 0 Å².